The molecule has 0 fully saturated rings. The summed E-state index contributed by atoms with van der Waals surface area (Å²) in [5.41, 5.74) is 0. The lowest BCUT2D eigenvalue weighted by Gasteiger charge is -2.18. The van der Waals surface area contributed by atoms with Crippen molar-refractivity contribution in [1.29, 1.82) is 0 Å². The molecule has 0 aromatic heterocycles. The summed E-state index contributed by atoms with van der Waals surface area (Å²) in [6.45, 7) is 6.70. The normalized spacial score (nSPS) is 12.1. The largest absolute Gasteiger partial charge is 0.462 e. The van der Waals surface area contributed by atoms with E-state index in [1.807, 2.05) is 0 Å². The van der Waals surface area contributed by atoms with Crippen LogP contribution >= 0.6 is 0 Å². The molecule has 76 heavy (non-hydrogen) atoms. The first-order valence-corrected chi connectivity index (χ1v) is 34.3. The first-order chi connectivity index (χ1) is 37.5. The minimum atomic E-state index is -0.770. The average molecular weight is 1070 g/mol. The number of unbranched alkanes of at least 4 members (excludes halogenated alkanes) is 49. The molecule has 0 saturated heterocycles. The Bertz CT molecular complexity index is 1230. The molecule has 0 spiro atoms. The van der Waals surface area contributed by atoms with Crippen LogP contribution < -0.4 is 0 Å². The van der Waals surface area contributed by atoms with E-state index in [0.717, 1.165) is 64.2 Å². The van der Waals surface area contributed by atoms with E-state index in [9.17, 15) is 14.4 Å². The Balaban J connectivity index is 4.21. The number of hydrogen-bond donors (Lipinski definition) is 0. The van der Waals surface area contributed by atoms with Gasteiger partial charge in [0, 0.05) is 19.3 Å². The van der Waals surface area contributed by atoms with E-state index in [1.54, 1.807) is 0 Å². The third-order valence-electron chi connectivity index (χ3n) is 15.7. The van der Waals surface area contributed by atoms with E-state index < -0.39 is 6.10 Å². The molecular weight excluding hydrogens is 937 g/mol. The van der Waals surface area contributed by atoms with Gasteiger partial charge in [0.1, 0.15) is 13.2 Å². The number of carbonyl (C=O) groups excluding carboxylic acids is 3. The van der Waals surface area contributed by atoms with E-state index in [-0.39, 0.29) is 31.1 Å². The predicted octanol–water partition coefficient (Wildman–Crippen LogP) is 23.4. The van der Waals surface area contributed by atoms with Crippen molar-refractivity contribution in [3.8, 4) is 0 Å². The zero-order valence-electron chi connectivity index (χ0n) is 51.6. The third-order valence-corrected chi connectivity index (χ3v) is 15.7. The van der Waals surface area contributed by atoms with Gasteiger partial charge in [-0.2, -0.15) is 0 Å². The van der Waals surface area contributed by atoms with E-state index in [2.05, 4.69) is 45.1 Å². The lowest BCUT2D eigenvalue weighted by atomic mass is 10.0. The van der Waals surface area contributed by atoms with Crippen LogP contribution in [0.3, 0.4) is 0 Å². The highest BCUT2D eigenvalue weighted by Gasteiger charge is 2.19. The molecule has 0 aromatic rings. The summed E-state index contributed by atoms with van der Waals surface area (Å²) < 4.78 is 17.0. The maximum atomic E-state index is 12.9. The first kappa shape index (κ1) is 73.9. The fraction of sp³-hybridized carbons (Fsp3) is 0.900. The number of rotatable bonds is 64. The van der Waals surface area contributed by atoms with Gasteiger partial charge in [-0.25, -0.2) is 0 Å². The van der Waals surface area contributed by atoms with Crippen molar-refractivity contribution in [2.75, 3.05) is 13.2 Å². The SMILES string of the molecule is CCCCCCC/C=C\C/C=C\CCCCCCCCCCCC(=O)OC(COC(=O)CCCCCCCCCCCCCC)COC(=O)CCCCCCCCCCCCCCCCCCCCCCCCCCC. The molecule has 1 unspecified atom stereocenters. The highest BCUT2D eigenvalue weighted by molar-refractivity contribution is 5.71. The van der Waals surface area contributed by atoms with Crippen LogP contribution in [0, 0.1) is 0 Å². The minimum Gasteiger partial charge on any atom is -0.462 e. The van der Waals surface area contributed by atoms with Gasteiger partial charge in [-0.15, -0.1) is 0 Å². The zero-order chi connectivity index (χ0) is 55.0. The molecular formula is C70H132O6. The van der Waals surface area contributed by atoms with Crippen LogP contribution in [0.5, 0.6) is 0 Å². The average Bonchev–Trinajstić information content (AvgIpc) is 3.42. The van der Waals surface area contributed by atoms with Crippen LogP contribution in [0.2, 0.25) is 0 Å². The molecule has 0 aliphatic heterocycles. The van der Waals surface area contributed by atoms with Crippen LogP contribution in [0.4, 0.5) is 0 Å². The summed E-state index contributed by atoms with van der Waals surface area (Å²) in [6.07, 6.45) is 79.2. The van der Waals surface area contributed by atoms with Crippen LogP contribution in [0.1, 0.15) is 387 Å². The van der Waals surface area contributed by atoms with Crippen molar-refractivity contribution in [3.05, 3.63) is 24.3 Å². The van der Waals surface area contributed by atoms with Crippen molar-refractivity contribution in [1.82, 2.24) is 0 Å². The molecule has 0 aliphatic rings. The molecule has 0 aromatic carbocycles. The fourth-order valence-electron chi connectivity index (χ4n) is 10.5. The minimum absolute atomic E-state index is 0.0666. The molecule has 448 valence electrons. The second kappa shape index (κ2) is 65.4. The standard InChI is InChI=1S/C70H132O6/c1-4-7-10-13-16-19-22-25-27-29-31-33-34-35-36-38-39-41-43-45-48-51-54-57-60-63-69(72)75-66-67(65-74-68(71)62-59-56-53-50-47-24-21-18-15-12-9-6-3)76-70(73)64-61-58-55-52-49-46-44-42-40-37-32-30-28-26-23-20-17-14-11-8-5-2/h23,26,30,32,67H,4-22,24-25,27-29,31,33-66H2,1-3H3/b26-23-,32-30-. The van der Waals surface area contributed by atoms with Crippen molar-refractivity contribution in [2.24, 2.45) is 0 Å². The highest BCUT2D eigenvalue weighted by atomic mass is 16.6. The number of esters is 3. The first-order valence-electron chi connectivity index (χ1n) is 34.3. The summed E-state index contributed by atoms with van der Waals surface area (Å²) in [7, 11) is 0. The molecule has 0 heterocycles. The van der Waals surface area contributed by atoms with Crippen molar-refractivity contribution >= 4 is 17.9 Å². The molecule has 0 radical (unpaired) electrons. The van der Waals surface area contributed by atoms with Crippen molar-refractivity contribution in [2.45, 2.75) is 393 Å². The highest BCUT2D eigenvalue weighted by Crippen LogP contribution is 2.18. The summed E-state index contributed by atoms with van der Waals surface area (Å²) in [5, 5.41) is 0. The van der Waals surface area contributed by atoms with Gasteiger partial charge >= 0.3 is 17.9 Å². The number of hydrogen-bond acceptors (Lipinski definition) is 6. The van der Waals surface area contributed by atoms with Crippen molar-refractivity contribution < 1.29 is 28.6 Å². The predicted molar refractivity (Wildman–Crippen MR) is 330 cm³/mol. The van der Waals surface area contributed by atoms with E-state index in [1.165, 1.54) is 283 Å². The maximum Gasteiger partial charge on any atom is 0.306 e. The molecule has 6 nitrogen and oxygen atoms in total. The van der Waals surface area contributed by atoms with Gasteiger partial charge in [0.25, 0.3) is 0 Å². The van der Waals surface area contributed by atoms with Gasteiger partial charge in [0.15, 0.2) is 6.10 Å². The summed E-state index contributed by atoms with van der Waals surface area (Å²) >= 11 is 0. The second-order valence-corrected chi connectivity index (χ2v) is 23.5. The van der Waals surface area contributed by atoms with Gasteiger partial charge in [-0.1, -0.05) is 340 Å². The second-order valence-electron chi connectivity index (χ2n) is 23.5. The Morgan fingerprint density at radius 2 is 0.474 bits per heavy atom. The zero-order valence-corrected chi connectivity index (χ0v) is 51.6. The molecule has 0 aliphatic carbocycles. The lowest BCUT2D eigenvalue weighted by molar-refractivity contribution is -0.167. The smallest absolute Gasteiger partial charge is 0.306 e. The topological polar surface area (TPSA) is 78.9 Å². The quantitative estimate of drug-likeness (QED) is 0.0261. The molecule has 1 atom stereocenters. The Labute approximate surface area is 474 Å². The van der Waals surface area contributed by atoms with Gasteiger partial charge < -0.3 is 14.2 Å². The van der Waals surface area contributed by atoms with Gasteiger partial charge in [0.2, 0.25) is 0 Å². The summed E-state index contributed by atoms with van der Waals surface area (Å²) in [6, 6.07) is 0. The summed E-state index contributed by atoms with van der Waals surface area (Å²) in [4.78, 5) is 38.3. The fourth-order valence-corrected chi connectivity index (χ4v) is 10.5. The van der Waals surface area contributed by atoms with Gasteiger partial charge in [-0.05, 0) is 51.4 Å². The monoisotopic (exact) mass is 1070 g/mol. The van der Waals surface area contributed by atoms with Crippen LogP contribution in [0.25, 0.3) is 0 Å². The Hall–Kier alpha value is -2.11. The number of ether oxygens (including phenoxy) is 3. The molecule has 0 rings (SSSR count). The van der Waals surface area contributed by atoms with Crippen LogP contribution in [0.15, 0.2) is 24.3 Å². The van der Waals surface area contributed by atoms with Gasteiger partial charge in [0.05, 0.1) is 0 Å². The Morgan fingerprint density at radius 3 is 0.724 bits per heavy atom. The number of allylic oxidation sites excluding steroid dienone is 4. The third kappa shape index (κ3) is 62.7. The van der Waals surface area contributed by atoms with E-state index in [0.29, 0.717) is 19.3 Å². The maximum absolute atomic E-state index is 12.9. The Kier molecular flexibility index (Phi) is 63.6. The molecule has 0 amide bonds. The van der Waals surface area contributed by atoms with Crippen LogP contribution in [-0.2, 0) is 28.6 Å². The molecule has 6 heteroatoms. The van der Waals surface area contributed by atoms with E-state index in [4.69, 9.17) is 14.2 Å². The summed E-state index contributed by atoms with van der Waals surface area (Å²) in [5.74, 6) is -0.841. The molecule has 0 bridgehead atoms. The molecule has 0 N–H and O–H groups in total. The van der Waals surface area contributed by atoms with Crippen LogP contribution in [-0.4, -0.2) is 37.2 Å². The number of carbonyl (C=O) groups is 3. The lowest BCUT2D eigenvalue weighted by Crippen LogP contribution is -2.30. The molecule has 0 saturated carbocycles. The van der Waals surface area contributed by atoms with Crippen molar-refractivity contribution in [3.63, 3.8) is 0 Å². The van der Waals surface area contributed by atoms with Gasteiger partial charge in [-0.3, -0.25) is 14.4 Å². The van der Waals surface area contributed by atoms with E-state index >= 15 is 0 Å². The Morgan fingerprint density at radius 1 is 0.263 bits per heavy atom.